The maximum absolute atomic E-state index is 13.1. The molecule has 1 saturated heterocycles. The molecule has 1 aromatic carbocycles. The zero-order valence-corrected chi connectivity index (χ0v) is 17.2. The Bertz CT molecular complexity index is 769. The molecule has 7 heteroatoms. The first-order valence-electron chi connectivity index (χ1n) is 9.94. The smallest absolute Gasteiger partial charge is 0.243 e. The second-order valence-electron chi connectivity index (χ2n) is 8.01. The summed E-state index contributed by atoms with van der Waals surface area (Å²) in [6, 6.07) is 5.11. The van der Waals surface area contributed by atoms with Crippen molar-refractivity contribution in [2.75, 3.05) is 39.0 Å². The van der Waals surface area contributed by atoms with Crippen LogP contribution in [0.1, 0.15) is 44.1 Å². The molecule has 0 spiro atoms. The lowest BCUT2D eigenvalue weighted by Crippen LogP contribution is -2.38. The maximum Gasteiger partial charge on any atom is 0.243 e. The number of hydrogen-bond donors (Lipinski definition) is 1. The number of anilines is 1. The normalized spacial score (nSPS) is 19.6. The van der Waals surface area contributed by atoms with Gasteiger partial charge in [0.1, 0.15) is 0 Å². The number of carbonyl (C=O) groups excluding carboxylic acids is 1. The summed E-state index contributed by atoms with van der Waals surface area (Å²) in [7, 11) is 0.703. The minimum atomic E-state index is -3.47. The van der Waals surface area contributed by atoms with Gasteiger partial charge in [0.05, 0.1) is 4.90 Å². The third kappa shape index (κ3) is 5.09. The average Bonchev–Trinajstić information content (AvgIpc) is 2.81. The standard InChI is InChI=1S/C20H31N3O3S/c1-22(2)12-4-5-16-10-13-23(14-11-16)27(25,26)18-8-9-19-17(15-18)6-3-7-20(24)21-19/h8-9,15-16H,3-7,10-14H2,1-2H3,(H,21,24). The fourth-order valence-electron chi connectivity index (χ4n) is 3.99. The van der Waals surface area contributed by atoms with Crippen LogP contribution in [0.2, 0.25) is 0 Å². The van der Waals surface area contributed by atoms with E-state index in [1.807, 2.05) is 0 Å². The van der Waals surface area contributed by atoms with Crippen LogP contribution in [0.4, 0.5) is 5.69 Å². The highest BCUT2D eigenvalue weighted by Crippen LogP contribution is 2.29. The molecule has 0 bridgehead atoms. The van der Waals surface area contributed by atoms with Gasteiger partial charge in [-0.3, -0.25) is 4.79 Å². The first-order chi connectivity index (χ1) is 12.9. The van der Waals surface area contributed by atoms with Crippen molar-refractivity contribution in [2.24, 2.45) is 5.92 Å². The van der Waals surface area contributed by atoms with E-state index in [2.05, 4.69) is 24.3 Å². The Morgan fingerprint density at radius 1 is 1.19 bits per heavy atom. The van der Waals surface area contributed by atoms with Crippen molar-refractivity contribution < 1.29 is 13.2 Å². The van der Waals surface area contributed by atoms with E-state index in [0.717, 1.165) is 43.5 Å². The molecular formula is C20H31N3O3S. The number of sulfonamides is 1. The summed E-state index contributed by atoms with van der Waals surface area (Å²) >= 11 is 0. The van der Waals surface area contributed by atoms with Crippen LogP contribution in [0, 0.1) is 5.92 Å². The highest BCUT2D eigenvalue weighted by molar-refractivity contribution is 7.89. The predicted molar refractivity (Wildman–Crippen MR) is 107 cm³/mol. The van der Waals surface area contributed by atoms with Crippen molar-refractivity contribution in [3.63, 3.8) is 0 Å². The van der Waals surface area contributed by atoms with Gasteiger partial charge in [-0.2, -0.15) is 4.31 Å². The summed E-state index contributed by atoms with van der Waals surface area (Å²) < 4.78 is 27.8. The highest BCUT2D eigenvalue weighted by Gasteiger charge is 2.30. The van der Waals surface area contributed by atoms with Crippen LogP contribution in [0.3, 0.4) is 0 Å². The fourth-order valence-corrected chi connectivity index (χ4v) is 5.52. The van der Waals surface area contributed by atoms with Crippen LogP contribution < -0.4 is 5.32 Å². The van der Waals surface area contributed by atoms with Gasteiger partial charge in [0, 0.05) is 25.2 Å². The van der Waals surface area contributed by atoms with Crippen molar-refractivity contribution in [1.82, 2.24) is 9.21 Å². The number of rotatable bonds is 6. The number of nitrogens with zero attached hydrogens (tertiary/aromatic N) is 2. The van der Waals surface area contributed by atoms with Crippen LogP contribution in [-0.4, -0.2) is 57.3 Å². The van der Waals surface area contributed by atoms with Gasteiger partial charge in [0.2, 0.25) is 15.9 Å². The van der Waals surface area contributed by atoms with E-state index in [1.165, 1.54) is 12.8 Å². The zero-order valence-electron chi connectivity index (χ0n) is 16.4. The third-order valence-corrected chi connectivity index (χ3v) is 7.52. The molecule has 0 aromatic heterocycles. The van der Waals surface area contributed by atoms with E-state index < -0.39 is 10.0 Å². The third-order valence-electron chi connectivity index (χ3n) is 5.63. The number of fused-ring (bicyclic) bond motifs is 1. The number of carbonyl (C=O) groups is 1. The maximum atomic E-state index is 13.1. The Morgan fingerprint density at radius 2 is 1.93 bits per heavy atom. The summed E-state index contributed by atoms with van der Waals surface area (Å²) in [6.45, 7) is 2.29. The summed E-state index contributed by atoms with van der Waals surface area (Å²) in [4.78, 5) is 14.2. The lowest BCUT2D eigenvalue weighted by Gasteiger charge is -2.31. The van der Waals surface area contributed by atoms with E-state index in [9.17, 15) is 13.2 Å². The van der Waals surface area contributed by atoms with Crippen molar-refractivity contribution >= 4 is 21.6 Å². The van der Waals surface area contributed by atoms with Gasteiger partial charge < -0.3 is 10.2 Å². The Balaban J connectivity index is 1.64. The second kappa shape index (κ2) is 8.71. The van der Waals surface area contributed by atoms with Crippen LogP contribution in [0.25, 0.3) is 0 Å². The second-order valence-corrected chi connectivity index (χ2v) is 9.95. The first kappa shape index (κ1) is 20.3. The number of benzene rings is 1. The van der Waals surface area contributed by atoms with E-state index in [0.29, 0.717) is 30.3 Å². The average molecular weight is 394 g/mol. The molecule has 2 aliphatic heterocycles. The molecule has 3 rings (SSSR count). The van der Waals surface area contributed by atoms with Gasteiger partial charge in [0.15, 0.2) is 0 Å². The molecule has 2 heterocycles. The largest absolute Gasteiger partial charge is 0.326 e. The molecule has 2 aliphatic rings. The zero-order chi connectivity index (χ0) is 19.4. The van der Waals surface area contributed by atoms with E-state index in [1.54, 1.807) is 22.5 Å². The van der Waals surface area contributed by atoms with Gasteiger partial charge >= 0.3 is 0 Å². The minimum absolute atomic E-state index is 0.000645. The van der Waals surface area contributed by atoms with Gasteiger partial charge in [0.25, 0.3) is 0 Å². The number of amides is 1. The quantitative estimate of drug-likeness (QED) is 0.807. The van der Waals surface area contributed by atoms with Crippen LogP contribution >= 0.6 is 0 Å². The van der Waals surface area contributed by atoms with Gasteiger partial charge in [-0.1, -0.05) is 0 Å². The van der Waals surface area contributed by atoms with Crippen molar-refractivity contribution in [3.05, 3.63) is 23.8 Å². The molecule has 0 unspecified atom stereocenters. The van der Waals surface area contributed by atoms with Crippen LogP contribution in [0.15, 0.2) is 23.1 Å². The molecule has 6 nitrogen and oxygen atoms in total. The van der Waals surface area contributed by atoms with Crippen LogP contribution in [0.5, 0.6) is 0 Å². The molecule has 0 saturated carbocycles. The highest BCUT2D eigenvalue weighted by atomic mass is 32.2. The molecule has 0 radical (unpaired) electrons. The Hall–Kier alpha value is -1.44. The number of aryl methyl sites for hydroxylation is 1. The number of hydrogen-bond acceptors (Lipinski definition) is 4. The molecule has 0 atom stereocenters. The summed E-state index contributed by atoms with van der Waals surface area (Å²) in [5.74, 6) is 0.624. The molecule has 1 amide bonds. The van der Waals surface area contributed by atoms with Gasteiger partial charge in [-0.15, -0.1) is 0 Å². The lowest BCUT2D eigenvalue weighted by molar-refractivity contribution is -0.116. The monoisotopic (exact) mass is 393 g/mol. The SMILES string of the molecule is CN(C)CCCC1CCN(S(=O)(=O)c2ccc3c(c2)CCCC(=O)N3)CC1. The molecule has 150 valence electrons. The molecule has 1 fully saturated rings. The molecule has 1 aromatic rings. The van der Waals surface area contributed by atoms with Crippen LogP contribution in [-0.2, 0) is 21.2 Å². The lowest BCUT2D eigenvalue weighted by atomic mass is 9.93. The Morgan fingerprint density at radius 3 is 2.63 bits per heavy atom. The minimum Gasteiger partial charge on any atom is -0.326 e. The molecular weight excluding hydrogens is 362 g/mol. The Labute approximate surface area is 163 Å². The van der Waals surface area contributed by atoms with Crippen molar-refractivity contribution in [1.29, 1.82) is 0 Å². The fraction of sp³-hybridized carbons (Fsp3) is 0.650. The van der Waals surface area contributed by atoms with E-state index in [4.69, 9.17) is 0 Å². The molecule has 27 heavy (non-hydrogen) atoms. The summed E-state index contributed by atoms with van der Waals surface area (Å²) in [6.07, 6.45) is 6.18. The molecule has 1 N–H and O–H groups in total. The summed E-state index contributed by atoms with van der Waals surface area (Å²) in [5, 5.41) is 2.86. The van der Waals surface area contributed by atoms with Gasteiger partial charge in [-0.25, -0.2) is 8.42 Å². The topological polar surface area (TPSA) is 69.7 Å². The predicted octanol–water partition coefficient (Wildman–Crippen LogP) is 2.70. The van der Waals surface area contributed by atoms with Gasteiger partial charge in [-0.05, 0) is 88.8 Å². The van der Waals surface area contributed by atoms with Crippen molar-refractivity contribution in [2.45, 2.75) is 49.8 Å². The van der Waals surface area contributed by atoms with E-state index >= 15 is 0 Å². The number of piperidine rings is 1. The van der Waals surface area contributed by atoms with Crippen molar-refractivity contribution in [3.8, 4) is 0 Å². The first-order valence-corrected chi connectivity index (χ1v) is 11.4. The molecule has 0 aliphatic carbocycles. The van der Waals surface area contributed by atoms with E-state index in [-0.39, 0.29) is 5.91 Å². The Kier molecular flexibility index (Phi) is 6.55. The summed E-state index contributed by atoms with van der Waals surface area (Å²) in [5.41, 5.74) is 1.66. The number of nitrogens with one attached hydrogen (secondary N) is 1.